The fourth-order valence-electron chi connectivity index (χ4n) is 2.90. The zero-order valence-electron chi connectivity index (χ0n) is 14.4. The van der Waals surface area contributed by atoms with E-state index in [4.69, 9.17) is 0 Å². The van der Waals surface area contributed by atoms with Gasteiger partial charge in [-0.15, -0.1) is 0 Å². The van der Waals surface area contributed by atoms with Crippen molar-refractivity contribution in [2.24, 2.45) is 0 Å². The predicted octanol–water partition coefficient (Wildman–Crippen LogP) is -0.253. The second-order valence-corrected chi connectivity index (χ2v) is 8.20. The highest BCUT2D eigenvalue weighted by Gasteiger charge is 2.44. The van der Waals surface area contributed by atoms with Crippen LogP contribution in [0.2, 0.25) is 0 Å². The predicted molar refractivity (Wildman–Crippen MR) is 93.6 cm³/mol. The Bertz CT molecular complexity index is 941. The second-order valence-electron chi connectivity index (χ2n) is 6.27. The topological polar surface area (TPSA) is 112 Å². The average Bonchev–Trinajstić information content (AvgIpc) is 3.08. The molecule has 2 heterocycles. The summed E-state index contributed by atoms with van der Waals surface area (Å²) in [5, 5.41) is 1.05. The number of urea groups is 1. The highest BCUT2D eigenvalue weighted by atomic mass is 32.2. The summed E-state index contributed by atoms with van der Waals surface area (Å²) in [6.45, 7) is -0.533. The molecule has 0 unspecified atom stereocenters. The van der Waals surface area contributed by atoms with Crippen molar-refractivity contribution in [1.29, 1.82) is 0 Å². The molecule has 0 spiro atoms. The molecule has 0 aliphatic carbocycles. The Morgan fingerprint density at radius 1 is 1.15 bits per heavy atom. The molecule has 2 aliphatic heterocycles. The van der Waals surface area contributed by atoms with Crippen molar-refractivity contribution >= 4 is 33.6 Å². The minimum Gasteiger partial charge on any atom is -0.329 e. The molecule has 10 heteroatoms. The van der Waals surface area contributed by atoms with Crippen LogP contribution in [0.5, 0.6) is 0 Å². The van der Waals surface area contributed by atoms with E-state index in [1.54, 1.807) is 30.3 Å². The van der Waals surface area contributed by atoms with E-state index >= 15 is 0 Å². The molecule has 0 aromatic heterocycles. The Hall–Kier alpha value is -3.01. The fourth-order valence-corrected chi connectivity index (χ4v) is 4.20. The van der Waals surface area contributed by atoms with E-state index in [1.165, 1.54) is 11.0 Å². The third-order valence-corrected chi connectivity index (χ3v) is 5.75. The Labute approximate surface area is 155 Å². The standard InChI is InChI=1S/C17H17N3O6S/c1-18-15(22)16(23)20(17(18)24)10-14(21)19(9-12-5-3-2-4-6-12)13-7-8-27(25,26)11-13/h2-8,13H,9-11H2,1H3/t13-/m0/s1. The van der Waals surface area contributed by atoms with E-state index in [9.17, 15) is 27.6 Å². The van der Waals surface area contributed by atoms with Gasteiger partial charge < -0.3 is 4.90 Å². The second kappa shape index (κ2) is 6.95. The Kier molecular flexibility index (Phi) is 4.83. The van der Waals surface area contributed by atoms with Gasteiger partial charge in [0, 0.05) is 19.0 Å². The van der Waals surface area contributed by atoms with Crippen molar-refractivity contribution in [3.05, 3.63) is 47.4 Å². The van der Waals surface area contributed by atoms with Gasteiger partial charge in [0.2, 0.25) is 5.91 Å². The quantitative estimate of drug-likeness (QED) is 0.505. The van der Waals surface area contributed by atoms with Gasteiger partial charge in [-0.2, -0.15) is 0 Å². The van der Waals surface area contributed by atoms with Crippen LogP contribution in [0.1, 0.15) is 5.56 Å². The molecular formula is C17H17N3O6S. The van der Waals surface area contributed by atoms with Crippen LogP contribution < -0.4 is 0 Å². The van der Waals surface area contributed by atoms with Crippen molar-refractivity contribution in [3.8, 4) is 0 Å². The van der Waals surface area contributed by atoms with E-state index < -0.39 is 46.2 Å². The highest BCUT2D eigenvalue weighted by Crippen LogP contribution is 2.19. The maximum atomic E-state index is 12.8. The first-order valence-corrected chi connectivity index (χ1v) is 9.79. The van der Waals surface area contributed by atoms with Gasteiger partial charge in [-0.1, -0.05) is 30.3 Å². The maximum Gasteiger partial charge on any atom is 0.334 e. The lowest BCUT2D eigenvalue weighted by atomic mass is 10.1. The van der Waals surface area contributed by atoms with E-state index in [1.807, 2.05) is 0 Å². The minimum absolute atomic E-state index is 0.101. The molecular weight excluding hydrogens is 374 g/mol. The molecule has 0 radical (unpaired) electrons. The molecule has 0 N–H and O–H groups in total. The molecule has 142 valence electrons. The van der Waals surface area contributed by atoms with Crippen LogP contribution >= 0.6 is 0 Å². The van der Waals surface area contributed by atoms with E-state index in [0.29, 0.717) is 9.80 Å². The molecule has 1 atom stereocenters. The summed E-state index contributed by atoms with van der Waals surface area (Å²) < 4.78 is 23.5. The number of likely N-dealkylation sites (N-methyl/N-ethyl adjacent to an activating group) is 1. The number of hydrogen-bond donors (Lipinski definition) is 0. The van der Waals surface area contributed by atoms with Gasteiger partial charge in [0.25, 0.3) is 0 Å². The molecule has 2 aliphatic rings. The van der Waals surface area contributed by atoms with Crippen LogP contribution in [0.15, 0.2) is 41.8 Å². The first-order valence-electron chi connectivity index (χ1n) is 8.07. The van der Waals surface area contributed by atoms with E-state index in [-0.39, 0.29) is 12.3 Å². The van der Waals surface area contributed by atoms with Crippen LogP contribution in [0.25, 0.3) is 0 Å². The van der Waals surface area contributed by atoms with Gasteiger partial charge in [-0.3, -0.25) is 19.3 Å². The number of sulfone groups is 1. The molecule has 3 rings (SSSR count). The molecule has 5 amide bonds. The van der Waals surface area contributed by atoms with Gasteiger partial charge in [-0.05, 0) is 11.6 Å². The smallest absolute Gasteiger partial charge is 0.329 e. The number of nitrogens with zero attached hydrogens (tertiary/aromatic N) is 3. The van der Waals surface area contributed by atoms with Gasteiger partial charge in [0.05, 0.1) is 11.8 Å². The first kappa shape index (κ1) is 18.8. The summed E-state index contributed by atoms with van der Waals surface area (Å²) in [6.07, 6.45) is 1.40. The summed E-state index contributed by atoms with van der Waals surface area (Å²) in [7, 11) is -2.26. The number of benzene rings is 1. The Morgan fingerprint density at radius 2 is 1.81 bits per heavy atom. The summed E-state index contributed by atoms with van der Waals surface area (Å²) >= 11 is 0. The lowest BCUT2D eigenvalue weighted by molar-refractivity contribution is -0.144. The third-order valence-electron chi connectivity index (χ3n) is 4.37. The molecule has 27 heavy (non-hydrogen) atoms. The minimum atomic E-state index is -3.42. The van der Waals surface area contributed by atoms with Crippen LogP contribution in [-0.2, 0) is 30.8 Å². The molecule has 0 saturated carbocycles. The highest BCUT2D eigenvalue weighted by molar-refractivity contribution is 7.94. The lowest BCUT2D eigenvalue weighted by Gasteiger charge is -2.29. The first-order chi connectivity index (χ1) is 12.7. The summed E-state index contributed by atoms with van der Waals surface area (Å²) in [6, 6.07) is 7.31. The van der Waals surface area contributed by atoms with Crippen LogP contribution in [0.3, 0.4) is 0 Å². The molecule has 9 nitrogen and oxygen atoms in total. The molecule has 1 fully saturated rings. The van der Waals surface area contributed by atoms with Crippen LogP contribution in [0.4, 0.5) is 4.79 Å². The van der Waals surface area contributed by atoms with Gasteiger partial charge in [0.15, 0.2) is 9.84 Å². The van der Waals surface area contributed by atoms with Gasteiger partial charge >= 0.3 is 17.8 Å². The Morgan fingerprint density at radius 3 is 2.33 bits per heavy atom. The third kappa shape index (κ3) is 3.75. The lowest BCUT2D eigenvalue weighted by Crippen LogP contribution is -2.47. The van der Waals surface area contributed by atoms with Crippen LogP contribution in [-0.4, -0.2) is 72.3 Å². The average molecular weight is 391 g/mol. The number of rotatable bonds is 5. The zero-order valence-corrected chi connectivity index (χ0v) is 15.3. The van der Waals surface area contributed by atoms with Gasteiger partial charge in [0.1, 0.15) is 6.54 Å². The largest absolute Gasteiger partial charge is 0.334 e. The van der Waals surface area contributed by atoms with Crippen molar-refractivity contribution < 1.29 is 27.6 Å². The SMILES string of the molecule is CN1C(=O)C(=O)N(CC(=O)N(Cc2ccccc2)[C@H]2C=CS(=O)(=O)C2)C1=O. The van der Waals surface area contributed by atoms with Crippen molar-refractivity contribution in [2.45, 2.75) is 12.6 Å². The van der Waals surface area contributed by atoms with Crippen molar-refractivity contribution in [1.82, 2.24) is 14.7 Å². The number of amides is 5. The van der Waals surface area contributed by atoms with Crippen molar-refractivity contribution in [3.63, 3.8) is 0 Å². The van der Waals surface area contributed by atoms with Crippen LogP contribution in [0, 0.1) is 0 Å². The Balaban J connectivity index is 1.83. The summed E-state index contributed by atoms with van der Waals surface area (Å²) in [4.78, 5) is 50.8. The molecule has 1 saturated heterocycles. The zero-order chi connectivity index (χ0) is 19.8. The van der Waals surface area contributed by atoms with E-state index in [0.717, 1.165) is 18.0 Å². The summed E-state index contributed by atoms with van der Waals surface area (Å²) in [5.41, 5.74) is 0.760. The molecule has 0 bridgehead atoms. The number of imide groups is 2. The summed E-state index contributed by atoms with van der Waals surface area (Å²) in [5.74, 6) is -2.99. The number of carbonyl (C=O) groups is 4. The fraction of sp³-hybridized carbons (Fsp3) is 0.294. The maximum absolute atomic E-state index is 12.8. The normalized spacial score (nSPS) is 21.2. The number of carbonyl (C=O) groups excluding carboxylic acids is 4. The monoisotopic (exact) mass is 391 g/mol. The molecule has 1 aromatic carbocycles. The van der Waals surface area contributed by atoms with E-state index in [2.05, 4.69) is 0 Å². The number of hydrogen-bond acceptors (Lipinski definition) is 6. The van der Waals surface area contributed by atoms with Gasteiger partial charge in [-0.25, -0.2) is 18.1 Å². The molecule has 1 aromatic rings. The van der Waals surface area contributed by atoms with Crippen molar-refractivity contribution in [2.75, 3.05) is 19.3 Å².